The van der Waals surface area contributed by atoms with Crippen molar-refractivity contribution in [1.82, 2.24) is 0 Å². The van der Waals surface area contributed by atoms with Gasteiger partial charge in [0.25, 0.3) is 0 Å². The van der Waals surface area contributed by atoms with E-state index in [1.807, 2.05) is 0 Å². The number of Topliss-reactive ketones (excluding diaryl/α,β-unsaturated/α-hetero) is 1. The Kier molecular flexibility index (Phi) is 2.41. The first-order valence-electron chi connectivity index (χ1n) is 6.15. The van der Waals surface area contributed by atoms with Gasteiger partial charge < -0.3 is 0 Å². The average molecular weight is 218 g/mol. The number of carbonyl (C=O) groups is 1. The maximum atomic E-state index is 12.0. The van der Waals surface area contributed by atoms with Crippen LogP contribution in [0.4, 0.5) is 0 Å². The summed E-state index contributed by atoms with van der Waals surface area (Å²) in [5.41, 5.74) is 2.70. The largest absolute Gasteiger partial charge is 0.299 e. The third-order valence-corrected chi connectivity index (χ3v) is 5.29. The molecule has 0 saturated heterocycles. The van der Waals surface area contributed by atoms with Gasteiger partial charge in [0.1, 0.15) is 5.78 Å². The summed E-state index contributed by atoms with van der Waals surface area (Å²) >= 11 is 0. The van der Waals surface area contributed by atoms with Crippen LogP contribution < -0.4 is 0 Å². The van der Waals surface area contributed by atoms with Gasteiger partial charge in [0, 0.05) is 18.3 Å². The van der Waals surface area contributed by atoms with Crippen LogP contribution in [-0.2, 0) is 4.79 Å². The molecule has 0 unspecified atom stereocenters. The second kappa shape index (κ2) is 3.32. The predicted molar refractivity (Wildman–Crippen MR) is 67.1 cm³/mol. The summed E-state index contributed by atoms with van der Waals surface area (Å²) in [7, 11) is 0. The summed E-state index contributed by atoms with van der Waals surface area (Å²) in [6.07, 6.45) is 4.64. The lowest BCUT2D eigenvalue weighted by atomic mass is 9.52. The Hall–Kier alpha value is -0.850. The molecule has 2 rings (SSSR count). The molecule has 1 saturated carbocycles. The van der Waals surface area contributed by atoms with E-state index in [1.54, 1.807) is 0 Å². The van der Waals surface area contributed by atoms with Gasteiger partial charge in [0.05, 0.1) is 0 Å². The van der Waals surface area contributed by atoms with Crippen LogP contribution in [0.2, 0.25) is 0 Å². The van der Waals surface area contributed by atoms with Gasteiger partial charge in [-0.2, -0.15) is 0 Å². The van der Waals surface area contributed by atoms with E-state index >= 15 is 0 Å². The van der Waals surface area contributed by atoms with Crippen LogP contribution in [0, 0.1) is 16.7 Å². The smallest absolute Gasteiger partial charge is 0.137 e. The summed E-state index contributed by atoms with van der Waals surface area (Å²) in [5.74, 6) is 0.824. The fourth-order valence-electron chi connectivity index (χ4n) is 3.58. The van der Waals surface area contributed by atoms with Crippen LogP contribution in [0.25, 0.3) is 0 Å². The summed E-state index contributed by atoms with van der Waals surface area (Å²) in [5, 5.41) is 0. The highest BCUT2D eigenvalue weighted by atomic mass is 16.1. The summed E-state index contributed by atoms with van der Waals surface area (Å²) in [6.45, 7) is 13.2. The van der Waals surface area contributed by atoms with Crippen molar-refractivity contribution in [3.05, 3.63) is 23.8 Å². The van der Waals surface area contributed by atoms with Gasteiger partial charge in [-0.3, -0.25) is 4.79 Å². The minimum absolute atomic E-state index is 0.0203. The minimum atomic E-state index is 0.0203. The lowest BCUT2D eigenvalue weighted by molar-refractivity contribution is -0.120. The van der Waals surface area contributed by atoms with Crippen molar-refractivity contribution in [1.29, 1.82) is 0 Å². The molecular weight excluding hydrogens is 196 g/mol. The maximum Gasteiger partial charge on any atom is 0.137 e. The Balaban J connectivity index is 2.59. The van der Waals surface area contributed by atoms with Crippen LogP contribution in [0.5, 0.6) is 0 Å². The molecule has 0 N–H and O–H groups in total. The summed E-state index contributed by atoms with van der Waals surface area (Å²) in [6, 6.07) is 0. The van der Waals surface area contributed by atoms with Gasteiger partial charge >= 0.3 is 0 Å². The lowest BCUT2D eigenvalue weighted by Gasteiger charge is -2.51. The highest BCUT2D eigenvalue weighted by Crippen LogP contribution is 2.59. The van der Waals surface area contributed by atoms with Crippen LogP contribution in [-0.4, -0.2) is 5.78 Å². The average Bonchev–Trinajstić information content (AvgIpc) is 2.18. The number of hydrogen-bond acceptors (Lipinski definition) is 1. The standard InChI is InChI=1S/C15H22O/c1-10-8-12(16)9-15(5)11(2)6-7-13(10)14(15,3)4/h6,13H,1,7-9H2,2-5H3/t13-,15-/m0/s1. The Morgan fingerprint density at radius 3 is 2.62 bits per heavy atom. The molecule has 88 valence electrons. The summed E-state index contributed by atoms with van der Waals surface area (Å²) < 4.78 is 0. The normalized spacial score (nSPS) is 38.0. The van der Waals surface area contributed by atoms with E-state index in [1.165, 1.54) is 5.57 Å². The SMILES string of the molecule is C=C1CC(=O)C[C@@]2(C)C(C)=CC[C@@H]1C2(C)C. The topological polar surface area (TPSA) is 17.1 Å². The van der Waals surface area contributed by atoms with E-state index in [2.05, 4.69) is 40.3 Å². The quantitative estimate of drug-likeness (QED) is 0.563. The van der Waals surface area contributed by atoms with Crippen molar-refractivity contribution in [2.24, 2.45) is 16.7 Å². The Labute approximate surface area is 98.6 Å². The van der Waals surface area contributed by atoms with Crippen LogP contribution in [0.15, 0.2) is 23.8 Å². The molecule has 0 heterocycles. The van der Waals surface area contributed by atoms with E-state index in [9.17, 15) is 4.79 Å². The van der Waals surface area contributed by atoms with Crippen molar-refractivity contribution in [3.8, 4) is 0 Å². The number of ketones is 1. The number of fused-ring (bicyclic) bond motifs is 2. The molecule has 0 aromatic heterocycles. The first-order valence-corrected chi connectivity index (χ1v) is 6.15. The van der Waals surface area contributed by atoms with Gasteiger partial charge in [-0.05, 0) is 24.7 Å². The Morgan fingerprint density at radius 1 is 1.38 bits per heavy atom. The van der Waals surface area contributed by atoms with Gasteiger partial charge in [-0.15, -0.1) is 0 Å². The van der Waals surface area contributed by atoms with E-state index in [0.717, 1.165) is 12.0 Å². The number of allylic oxidation sites excluding steroid dienone is 3. The monoisotopic (exact) mass is 218 g/mol. The van der Waals surface area contributed by atoms with E-state index in [-0.39, 0.29) is 10.8 Å². The maximum absolute atomic E-state index is 12.0. The van der Waals surface area contributed by atoms with Gasteiger partial charge in [0.2, 0.25) is 0 Å². The van der Waals surface area contributed by atoms with Crippen LogP contribution >= 0.6 is 0 Å². The van der Waals surface area contributed by atoms with Gasteiger partial charge in [0.15, 0.2) is 0 Å². The second-order valence-electron chi connectivity index (χ2n) is 6.28. The number of rotatable bonds is 0. The van der Waals surface area contributed by atoms with Crippen LogP contribution in [0.3, 0.4) is 0 Å². The Bertz CT molecular complexity index is 386. The molecule has 1 nitrogen and oxygen atoms in total. The number of hydrogen-bond donors (Lipinski definition) is 0. The van der Waals surface area contributed by atoms with Crippen molar-refractivity contribution < 1.29 is 4.79 Å². The van der Waals surface area contributed by atoms with Crippen molar-refractivity contribution in [3.63, 3.8) is 0 Å². The molecule has 0 aromatic carbocycles. The third kappa shape index (κ3) is 1.33. The fraction of sp³-hybridized carbons (Fsp3) is 0.667. The molecule has 0 aliphatic heterocycles. The zero-order chi connectivity index (χ0) is 12.1. The molecule has 1 fully saturated rings. The molecule has 2 aliphatic carbocycles. The van der Waals surface area contributed by atoms with E-state index in [0.29, 0.717) is 24.5 Å². The first kappa shape index (κ1) is 11.6. The zero-order valence-corrected chi connectivity index (χ0v) is 10.9. The van der Waals surface area contributed by atoms with E-state index in [4.69, 9.17) is 0 Å². The van der Waals surface area contributed by atoms with Crippen molar-refractivity contribution in [2.45, 2.75) is 47.0 Å². The Morgan fingerprint density at radius 2 is 2.00 bits per heavy atom. The highest BCUT2D eigenvalue weighted by molar-refractivity contribution is 5.83. The first-order chi connectivity index (χ1) is 7.29. The highest BCUT2D eigenvalue weighted by Gasteiger charge is 2.52. The number of carbonyl (C=O) groups excluding carboxylic acids is 1. The molecule has 2 aliphatic rings. The predicted octanol–water partition coefficient (Wildman–Crippen LogP) is 3.90. The second-order valence-corrected chi connectivity index (χ2v) is 6.28. The molecular formula is C15H22O. The van der Waals surface area contributed by atoms with Crippen molar-refractivity contribution >= 4 is 5.78 Å². The van der Waals surface area contributed by atoms with Gasteiger partial charge in [-0.25, -0.2) is 0 Å². The molecule has 1 heteroatoms. The molecule has 16 heavy (non-hydrogen) atoms. The fourth-order valence-corrected chi connectivity index (χ4v) is 3.58. The molecule has 0 aromatic rings. The zero-order valence-electron chi connectivity index (χ0n) is 10.9. The third-order valence-electron chi connectivity index (χ3n) is 5.29. The lowest BCUT2D eigenvalue weighted by Crippen LogP contribution is -2.44. The van der Waals surface area contributed by atoms with Crippen LogP contribution in [0.1, 0.15) is 47.0 Å². The van der Waals surface area contributed by atoms with E-state index < -0.39 is 0 Å². The molecule has 0 radical (unpaired) electrons. The molecule has 2 atom stereocenters. The minimum Gasteiger partial charge on any atom is -0.299 e. The molecule has 0 amide bonds. The van der Waals surface area contributed by atoms with Gasteiger partial charge in [-0.1, -0.05) is 44.6 Å². The molecule has 0 spiro atoms. The summed E-state index contributed by atoms with van der Waals surface area (Å²) in [4.78, 5) is 12.0. The van der Waals surface area contributed by atoms with Crippen molar-refractivity contribution in [2.75, 3.05) is 0 Å². The molecule has 2 bridgehead atoms.